The quantitative estimate of drug-likeness (QED) is 0.881. The molecule has 0 saturated carbocycles. The summed E-state index contributed by atoms with van der Waals surface area (Å²) in [5, 5.41) is 8.90. The highest BCUT2D eigenvalue weighted by atomic mass is 19.4. The van der Waals surface area contributed by atoms with E-state index in [1.807, 2.05) is 30.3 Å². The fourth-order valence-corrected chi connectivity index (χ4v) is 1.31. The van der Waals surface area contributed by atoms with Gasteiger partial charge < -0.3 is 9.84 Å². The average Bonchev–Trinajstić information content (AvgIpc) is 2.33. The molecule has 1 rings (SSSR count). The molecule has 18 heavy (non-hydrogen) atoms. The lowest BCUT2D eigenvalue weighted by Gasteiger charge is -2.20. The third kappa shape index (κ3) is 4.89. The summed E-state index contributed by atoms with van der Waals surface area (Å²) in [5.74, 6) is 0. The van der Waals surface area contributed by atoms with Crippen molar-refractivity contribution in [2.24, 2.45) is 0 Å². The molecule has 100 valence electrons. The molecule has 0 saturated heterocycles. The van der Waals surface area contributed by atoms with E-state index in [1.54, 1.807) is 12.2 Å². The van der Waals surface area contributed by atoms with Crippen LogP contribution in [-0.4, -0.2) is 30.1 Å². The molecule has 0 aromatic heterocycles. The molecule has 0 amide bonds. The van der Waals surface area contributed by atoms with Crippen LogP contribution in [0.15, 0.2) is 36.4 Å². The van der Waals surface area contributed by atoms with Gasteiger partial charge in [0.25, 0.3) is 0 Å². The molecule has 0 unspecified atom stereocenters. The topological polar surface area (TPSA) is 29.5 Å². The Balaban J connectivity index is 2.36. The smallest absolute Gasteiger partial charge is 0.381 e. The van der Waals surface area contributed by atoms with Crippen molar-refractivity contribution in [1.29, 1.82) is 0 Å². The van der Waals surface area contributed by atoms with Gasteiger partial charge in [-0.3, -0.25) is 0 Å². The molecule has 5 heteroatoms. The van der Waals surface area contributed by atoms with E-state index < -0.39 is 18.4 Å². The number of ether oxygens (including phenoxy) is 1. The third-order valence-electron chi connectivity index (χ3n) is 2.35. The molecule has 0 bridgehead atoms. The molecule has 0 radical (unpaired) electrons. The number of halogens is 3. The molecule has 0 aliphatic carbocycles. The Morgan fingerprint density at radius 3 is 2.44 bits per heavy atom. The lowest BCUT2D eigenvalue weighted by atomic mass is 10.2. The van der Waals surface area contributed by atoms with E-state index >= 15 is 0 Å². The van der Waals surface area contributed by atoms with Crippen molar-refractivity contribution in [2.75, 3.05) is 6.61 Å². The van der Waals surface area contributed by atoms with Crippen LogP contribution in [0.25, 0.3) is 6.08 Å². The third-order valence-corrected chi connectivity index (χ3v) is 2.35. The highest BCUT2D eigenvalue weighted by Crippen LogP contribution is 2.23. The minimum atomic E-state index is -4.65. The molecule has 2 nitrogen and oxygen atoms in total. The molecule has 0 aliphatic heterocycles. The summed E-state index contributed by atoms with van der Waals surface area (Å²) in [6, 6.07) is 9.32. The van der Waals surface area contributed by atoms with Crippen molar-refractivity contribution in [3.8, 4) is 0 Å². The average molecular weight is 260 g/mol. The van der Waals surface area contributed by atoms with Crippen LogP contribution in [0.5, 0.6) is 0 Å². The lowest BCUT2D eigenvalue weighted by molar-refractivity contribution is -0.232. The summed E-state index contributed by atoms with van der Waals surface area (Å²) in [6.45, 7) is 1.21. The number of alkyl halides is 3. The second-order valence-electron chi connectivity index (χ2n) is 3.84. The first kappa shape index (κ1) is 14.7. The molecule has 1 aromatic rings. The maximum Gasteiger partial charge on any atom is 0.416 e. The van der Waals surface area contributed by atoms with Gasteiger partial charge in [-0.25, -0.2) is 0 Å². The highest BCUT2D eigenvalue weighted by molar-refractivity contribution is 5.48. The Morgan fingerprint density at radius 1 is 1.28 bits per heavy atom. The van der Waals surface area contributed by atoms with E-state index in [-0.39, 0.29) is 6.61 Å². The van der Waals surface area contributed by atoms with E-state index in [1.165, 1.54) is 6.92 Å². The van der Waals surface area contributed by atoms with Crippen molar-refractivity contribution >= 4 is 6.08 Å². The summed E-state index contributed by atoms with van der Waals surface area (Å²) in [6.07, 6.45) is -5.04. The van der Waals surface area contributed by atoms with Crippen molar-refractivity contribution < 1.29 is 23.0 Å². The van der Waals surface area contributed by atoms with Gasteiger partial charge in [0, 0.05) is 0 Å². The first-order valence-corrected chi connectivity index (χ1v) is 5.49. The maximum absolute atomic E-state index is 12.1. The van der Waals surface area contributed by atoms with Gasteiger partial charge in [-0.2, -0.15) is 13.2 Å². The Labute approximate surface area is 104 Å². The second kappa shape index (κ2) is 6.56. The Kier molecular flexibility index (Phi) is 5.37. The number of hydrogen-bond donors (Lipinski definition) is 1. The molecular weight excluding hydrogens is 245 g/mol. The first-order valence-electron chi connectivity index (χ1n) is 5.49. The fourth-order valence-electron chi connectivity index (χ4n) is 1.31. The monoisotopic (exact) mass is 260 g/mol. The predicted octanol–water partition coefficient (Wildman–Crippen LogP) is 3.03. The molecular formula is C13H15F3O2. The van der Waals surface area contributed by atoms with Crippen LogP contribution in [-0.2, 0) is 4.74 Å². The number of hydrogen-bond acceptors (Lipinski definition) is 2. The first-order chi connectivity index (χ1) is 8.41. The molecule has 1 aromatic carbocycles. The van der Waals surface area contributed by atoms with E-state index in [2.05, 4.69) is 0 Å². The molecule has 0 aliphatic rings. The van der Waals surface area contributed by atoms with Gasteiger partial charge in [0.05, 0.1) is 12.7 Å². The van der Waals surface area contributed by atoms with Crippen molar-refractivity contribution in [1.82, 2.24) is 0 Å². The zero-order chi connectivity index (χ0) is 13.6. The standard InChI is InChI=1S/C13H15F3O2/c1-10(12(17)13(14,15)16)18-9-5-8-11-6-3-2-4-7-11/h2-8,10,12,17H,9H2,1H3/b8-5+/t10-,12-/m0/s1. The van der Waals surface area contributed by atoms with Crippen molar-refractivity contribution in [2.45, 2.75) is 25.3 Å². The van der Waals surface area contributed by atoms with Gasteiger partial charge in [-0.1, -0.05) is 42.5 Å². The predicted molar refractivity (Wildman–Crippen MR) is 63.0 cm³/mol. The lowest BCUT2D eigenvalue weighted by Crippen LogP contribution is -2.39. The van der Waals surface area contributed by atoms with Crippen LogP contribution < -0.4 is 0 Å². The van der Waals surface area contributed by atoms with E-state index in [0.29, 0.717) is 0 Å². The Bertz CT molecular complexity index is 374. The molecule has 0 spiro atoms. The zero-order valence-electron chi connectivity index (χ0n) is 9.89. The Hall–Kier alpha value is -1.33. The van der Waals surface area contributed by atoms with Crippen molar-refractivity contribution in [3.63, 3.8) is 0 Å². The van der Waals surface area contributed by atoms with Gasteiger partial charge in [0.15, 0.2) is 6.10 Å². The van der Waals surface area contributed by atoms with E-state index in [9.17, 15) is 13.2 Å². The summed E-state index contributed by atoms with van der Waals surface area (Å²) < 4.78 is 41.3. The minimum absolute atomic E-state index is 0.0171. The number of aliphatic hydroxyl groups is 1. The van der Waals surface area contributed by atoms with Crippen LogP contribution in [0.2, 0.25) is 0 Å². The number of rotatable bonds is 5. The van der Waals surface area contributed by atoms with Crippen LogP contribution >= 0.6 is 0 Å². The largest absolute Gasteiger partial charge is 0.416 e. The van der Waals surface area contributed by atoms with Crippen LogP contribution in [0.3, 0.4) is 0 Å². The maximum atomic E-state index is 12.1. The van der Waals surface area contributed by atoms with E-state index in [0.717, 1.165) is 5.56 Å². The van der Waals surface area contributed by atoms with Gasteiger partial charge in [-0.15, -0.1) is 0 Å². The van der Waals surface area contributed by atoms with Gasteiger partial charge >= 0.3 is 6.18 Å². The summed E-state index contributed by atoms with van der Waals surface area (Å²) in [7, 11) is 0. The van der Waals surface area contributed by atoms with Crippen LogP contribution in [0, 0.1) is 0 Å². The van der Waals surface area contributed by atoms with E-state index in [4.69, 9.17) is 9.84 Å². The molecule has 0 fully saturated rings. The van der Waals surface area contributed by atoms with Crippen molar-refractivity contribution in [3.05, 3.63) is 42.0 Å². The normalized spacial score (nSPS) is 15.8. The SMILES string of the molecule is C[C@H](OC/C=C/c1ccccc1)[C@H](O)C(F)(F)F. The van der Waals surface area contributed by atoms with Gasteiger partial charge in [0.1, 0.15) is 0 Å². The second-order valence-corrected chi connectivity index (χ2v) is 3.84. The summed E-state index contributed by atoms with van der Waals surface area (Å²) in [5.41, 5.74) is 0.935. The summed E-state index contributed by atoms with van der Waals surface area (Å²) >= 11 is 0. The molecule has 0 heterocycles. The van der Waals surface area contributed by atoms with Crippen LogP contribution in [0.4, 0.5) is 13.2 Å². The minimum Gasteiger partial charge on any atom is -0.381 e. The number of aliphatic hydroxyl groups excluding tert-OH is 1. The molecule has 2 atom stereocenters. The summed E-state index contributed by atoms with van der Waals surface area (Å²) in [4.78, 5) is 0. The molecule has 1 N–H and O–H groups in total. The van der Waals surface area contributed by atoms with Gasteiger partial charge in [0.2, 0.25) is 0 Å². The van der Waals surface area contributed by atoms with Crippen LogP contribution in [0.1, 0.15) is 12.5 Å². The highest BCUT2D eigenvalue weighted by Gasteiger charge is 2.42. The zero-order valence-corrected chi connectivity index (χ0v) is 9.89. The Morgan fingerprint density at radius 2 is 1.89 bits per heavy atom. The number of benzene rings is 1. The fraction of sp³-hybridized carbons (Fsp3) is 0.385. The van der Waals surface area contributed by atoms with Gasteiger partial charge in [-0.05, 0) is 12.5 Å².